The second-order valence-electron chi connectivity index (χ2n) is 16.7. The van der Waals surface area contributed by atoms with Crippen molar-refractivity contribution < 1.29 is 0 Å². The summed E-state index contributed by atoms with van der Waals surface area (Å²) < 4.78 is 0. The largest absolute Gasteiger partial charge is 0.309 e. The monoisotopic (exact) mass is 731 g/mol. The Kier molecular flexibility index (Phi) is 7.76. The fraction of sp³-hybridized carbons (Fsp3) is 0.143. The van der Waals surface area contributed by atoms with E-state index in [4.69, 9.17) is 0 Å². The molecule has 274 valence electrons. The minimum Gasteiger partial charge on any atom is -0.309 e. The molecule has 0 N–H and O–H groups in total. The zero-order valence-corrected chi connectivity index (χ0v) is 32.7. The second-order valence-corrected chi connectivity index (χ2v) is 16.7. The van der Waals surface area contributed by atoms with Gasteiger partial charge in [0.15, 0.2) is 0 Å². The molecule has 0 unspecified atom stereocenters. The quantitative estimate of drug-likeness (QED) is 0.165. The van der Waals surface area contributed by atoms with Gasteiger partial charge in [0, 0.05) is 27.5 Å². The molecule has 0 amide bonds. The van der Waals surface area contributed by atoms with E-state index in [2.05, 4.69) is 207 Å². The molecule has 11 rings (SSSR count). The van der Waals surface area contributed by atoms with E-state index in [0.29, 0.717) is 0 Å². The summed E-state index contributed by atoms with van der Waals surface area (Å²) in [6, 6.07) is 70.4. The van der Waals surface area contributed by atoms with Crippen molar-refractivity contribution in [3.8, 4) is 55.6 Å². The molecular weight excluding hydrogens is 687 g/mol. The van der Waals surface area contributed by atoms with Crippen LogP contribution in [-0.2, 0) is 10.8 Å². The Bertz CT molecular complexity index is 2840. The van der Waals surface area contributed by atoms with Gasteiger partial charge in [-0.2, -0.15) is 0 Å². The maximum Gasteiger partial charge on any atom is 0.0540 e. The molecule has 0 heterocycles. The van der Waals surface area contributed by atoms with Gasteiger partial charge >= 0.3 is 0 Å². The van der Waals surface area contributed by atoms with Gasteiger partial charge in [-0.3, -0.25) is 0 Å². The first-order valence-electron chi connectivity index (χ1n) is 20.7. The Morgan fingerprint density at radius 3 is 1.54 bits per heavy atom. The Morgan fingerprint density at radius 1 is 0.351 bits per heavy atom. The highest BCUT2D eigenvalue weighted by atomic mass is 15.1. The zero-order valence-electron chi connectivity index (χ0n) is 32.7. The minimum atomic E-state index is -0.0464. The molecule has 8 aromatic rings. The van der Waals surface area contributed by atoms with Gasteiger partial charge in [-0.1, -0.05) is 190 Å². The van der Waals surface area contributed by atoms with Crippen molar-refractivity contribution in [2.75, 3.05) is 4.90 Å². The number of fused-ring (bicyclic) bond motifs is 8. The third-order valence-electron chi connectivity index (χ3n) is 13.5. The van der Waals surface area contributed by atoms with Gasteiger partial charge in [-0.05, 0) is 98.3 Å². The topological polar surface area (TPSA) is 3.24 Å². The molecule has 57 heavy (non-hydrogen) atoms. The Balaban J connectivity index is 1.17. The SMILES string of the molecule is CC1(C)c2ccccc2-c2cc(-c3ccccc3N(c3ccccc3-c3ccccc3)c3ccccc3-c3cccc4c3-c3ccccc3C43CCCC3)ccc21. The molecule has 1 fully saturated rings. The van der Waals surface area contributed by atoms with E-state index < -0.39 is 0 Å². The molecule has 3 aliphatic carbocycles. The summed E-state index contributed by atoms with van der Waals surface area (Å²) in [5.74, 6) is 0. The van der Waals surface area contributed by atoms with Crippen molar-refractivity contribution in [1.29, 1.82) is 0 Å². The molecule has 0 radical (unpaired) electrons. The van der Waals surface area contributed by atoms with Crippen LogP contribution >= 0.6 is 0 Å². The molecule has 0 aliphatic heterocycles. The summed E-state index contributed by atoms with van der Waals surface area (Å²) in [5.41, 5.74) is 22.2. The van der Waals surface area contributed by atoms with Crippen molar-refractivity contribution in [2.45, 2.75) is 50.4 Å². The molecule has 0 saturated heterocycles. The van der Waals surface area contributed by atoms with Gasteiger partial charge in [-0.15, -0.1) is 0 Å². The highest BCUT2D eigenvalue weighted by Crippen LogP contribution is 2.60. The molecule has 1 nitrogen and oxygen atoms in total. The molecular formula is C56H45N. The summed E-state index contributed by atoms with van der Waals surface area (Å²) in [5, 5.41) is 0. The predicted molar refractivity (Wildman–Crippen MR) is 240 cm³/mol. The molecule has 3 aliphatic rings. The molecule has 1 spiro atoms. The highest BCUT2D eigenvalue weighted by Gasteiger charge is 2.46. The van der Waals surface area contributed by atoms with E-state index >= 15 is 0 Å². The molecule has 0 bridgehead atoms. The third kappa shape index (κ3) is 5.08. The standard InChI is InChI=1S/C56H45N/c1-55(2)47-27-11-6-23-42(47)46-37-39(33-34-48(46)55)41-22-9-14-31-52(41)57(51-30-13-8-21-40(51)38-19-4-3-5-20-38)53-32-15-10-24-43(53)44-26-18-29-50-54(44)45-25-7-12-28-49(45)56(50)35-16-17-36-56/h3-15,18-34,37H,16-17,35-36H2,1-2H3. The lowest BCUT2D eigenvalue weighted by Crippen LogP contribution is -2.20. The smallest absolute Gasteiger partial charge is 0.0540 e. The number of para-hydroxylation sites is 3. The number of rotatable bonds is 6. The molecule has 1 heteroatoms. The van der Waals surface area contributed by atoms with Gasteiger partial charge in [0.05, 0.1) is 17.1 Å². The van der Waals surface area contributed by atoms with Crippen molar-refractivity contribution in [3.63, 3.8) is 0 Å². The average Bonchev–Trinajstić information content (AvgIpc) is 3.94. The van der Waals surface area contributed by atoms with Gasteiger partial charge in [-0.25, -0.2) is 0 Å². The summed E-state index contributed by atoms with van der Waals surface area (Å²) >= 11 is 0. The van der Waals surface area contributed by atoms with Gasteiger partial charge in [0.25, 0.3) is 0 Å². The first-order chi connectivity index (χ1) is 28.0. The van der Waals surface area contributed by atoms with Crippen LogP contribution in [0.2, 0.25) is 0 Å². The van der Waals surface area contributed by atoms with E-state index in [0.717, 1.165) is 11.4 Å². The van der Waals surface area contributed by atoms with Crippen LogP contribution in [0.1, 0.15) is 61.8 Å². The number of nitrogens with zero attached hydrogens (tertiary/aromatic N) is 1. The van der Waals surface area contributed by atoms with Crippen LogP contribution in [0.15, 0.2) is 188 Å². The lowest BCUT2D eigenvalue weighted by atomic mass is 9.76. The number of anilines is 3. The molecule has 8 aromatic carbocycles. The maximum atomic E-state index is 2.55. The molecule has 1 saturated carbocycles. The minimum absolute atomic E-state index is 0.0464. The van der Waals surface area contributed by atoms with E-state index in [-0.39, 0.29) is 10.8 Å². The van der Waals surface area contributed by atoms with Gasteiger partial charge < -0.3 is 4.90 Å². The lowest BCUT2D eigenvalue weighted by Gasteiger charge is -2.32. The average molecular weight is 732 g/mol. The zero-order chi connectivity index (χ0) is 38.1. The first kappa shape index (κ1) is 33.9. The summed E-state index contributed by atoms with van der Waals surface area (Å²) in [6.45, 7) is 4.72. The van der Waals surface area contributed by atoms with E-state index in [9.17, 15) is 0 Å². The summed E-state index contributed by atoms with van der Waals surface area (Å²) in [7, 11) is 0. The molecule has 0 atom stereocenters. The van der Waals surface area contributed by atoms with Crippen molar-refractivity contribution >= 4 is 17.1 Å². The number of benzene rings is 8. The van der Waals surface area contributed by atoms with Crippen LogP contribution in [0.4, 0.5) is 17.1 Å². The van der Waals surface area contributed by atoms with Crippen LogP contribution in [-0.4, -0.2) is 0 Å². The van der Waals surface area contributed by atoms with Crippen molar-refractivity contribution in [1.82, 2.24) is 0 Å². The Hall–Kier alpha value is -6.44. The predicted octanol–water partition coefficient (Wildman–Crippen LogP) is 15.3. The second kappa shape index (κ2) is 13.1. The summed E-state index contributed by atoms with van der Waals surface area (Å²) in [6.07, 6.45) is 4.99. The van der Waals surface area contributed by atoms with E-state index in [1.54, 1.807) is 0 Å². The first-order valence-corrected chi connectivity index (χ1v) is 20.7. The normalized spacial score (nSPS) is 15.2. The fourth-order valence-corrected chi connectivity index (χ4v) is 10.9. The Morgan fingerprint density at radius 2 is 0.842 bits per heavy atom. The van der Waals surface area contributed by atoms with Gasteiger partial charge in [0.2, 0.25) is 0 Å². The van der Waals surface area contributed by atoms with Crippen LogP contribution < -0.4 is 4.90 Å². The van der Waals surface area contributed by atoms with Crippen LogP contribution in [0, 0.1) is 0 Å². The van der Waals surface area contributed by atoms with E-state index in [1.165, 1.54) is 109 Å². The van der Waals surface area contributed by atoms with Crippen LogP contribution in [0.25, 0.3) is 55.6 Å². The van der Waals surface area contributed by atoms with Gasteiger partial charge in [0.1, 0.15) is 0 Å². The molecule has 0 aromatic heterocycles. The third-order valence-corrected chi connectivity index (χ3v) is 13.5. The lowest BCUT2D eigenvalue weighted by molar-refractivity contribution is 0.550. The van der Waals surface area contributed by atoms with Crippen LogP contribution in [0.5, 0.6) is 0 Å². The Labute approximate surface area is 336 Å². The van der Waals surface area contributed by atoms with Crippen molar-refractivity contribution in [2.24, 2.45) is 0 Å². The summed E-state index contributed by atoms with van der Waals surface area (Å²) in [4.78, 5) is 2.55. The fourth-order valence-electron chi connectivity index (χ4n) is 10.9. The van der Waals surface area contributed by atoms with Crippen molar-refractivity contribution in [3.05, 3.63) is 210 Å². The maximum absolute atomic E-state index is 2.55. The number of hydrogen-bond acceptors (Lipinski definition) is 1. The van der Waals surface area contributed by atoms with Crippen LogP contribution in [0.3, 0.4) is 0 Å². The highest BCUT2D eigenvalue weighted by molar-refractivity contribution is 6.02. The van der Waals surface area contributed by atoms with E-state index in [1.807, 2.05) is 0 Å². The number of hydrogen-bond donors (Lipinski definition) is 0.